The molecule has 0 bridgehead atoms. The largest absolute Gasteiger partial charge is 0.370 e. The van der Waals surface area contributed by atoms with Crippen molar-refractivity contribution < 1.29 is 4.79 Å². The molecule has 2 aromatic rings. The van der Waals surface area contributed by atoms with Crippen LogP contribution in [0.1, 0.15) is 35.8 Å². The van der Waals surface area contributed by atoms with Gasteiger partial charge in [0.2, 0.25) is 0 Å². The number of pyridine rings is 1. The summed E-state index contributed by atoms with van der Waals surface area (Å²) in [6, 6.07) is 11.2. The van der Waals surface area contributed by atoms with Crippen LogP contribution < -0.4 is 10.2 Å². The first-order valence-corrected chi connectivity index (χ1v) is 8.73. The SMILES string of the molecule is CC1CCN(c2ccc(C(=O)NCc3ccc(Cl)cc3)nc2)CC1. The minimum atomic E-state index is -0.163. The van der Waals surface area contributed by atoms with Crippen LogP contribution in [0.5, 0.6) is 0 Å². The van der Waals surface area contributed by atoms with Crippen LogP contribution in [0.3, 0.4) is 0 Å². The second kappa shape index (κ2) is 7.67. The molecule has 1 saturated heterocycles. The van der Waals surface area contributed by atoms with E-state index in [2.05, 4.69) is 22.1 Å². The van der Waals surface area contributed by atoms with Crippen LogP contribution in [-0.4, -0.2) is 24.0 Å². The molecular formula is C19H22ClN3O. The van der Waals surface area contributed by atoms with Crippen molar-refractivity contribution in [1.29, 1.82) is 0 Å². The quantitative estimate of drug-likeness (QED) is 0.915. The van der Waals surface area contributed by atoms with Gasteiger partial charge in [0.25, 0.3) is 5.91 Å². The van der Waals surface area contributed by atoms with E-state index in [9.17, 15) is 4.79 Å². The minimum absolute atomic E-state index is 0.163. The molecule has 1 aromatic carbocycles. The van der Waals surface area contributed by atoms with Crippen molar-refractivity contribution in [3.05, 3.63) is 58.9 Å². The number of nitrogens with one attached hydrogen (secondary N) is 1. The molecule has 1 aromatic heterocycles. The Morgan fingerprint density at radius 1 is 1.21 bits per heavy atom. The Balaban J connectivity index is 1.56. The maximum atomic E-state index is 12.2. The number of piperidine rings is 1. The highest BCUT2D eigenvalue weighted by Crippen LogP contribution is 2.22. The highest BCUT2D eigenvalue weighted by molar-refractivity contribution is 6.30. The lowest BCUT2D eigenvalue weighted by atomic mass is 9.99. The summed E-state index contributed by atoms with van der Waals surface area (Å²) >= 11 is 5.86. The van der Waals surface area contributed by atoms with Crippen molar-refractivity contribution in [3.8, 4) is 0 Å². The predicted molar refractivity (Wildman–Crippen MR) is 97.5 cm³/mol. The van der Waals surface area contributed by atoms with Crippen molar-refractivity contribution in [2.24, 2.45) is 5.92 Å². The fraction of sp³-hybridized carbons (Fsp3) is 0.368. The lowest BCUT2D eigenvalue weighted by molar-refractivity contribution is 0.0946. The highest BCUT2D eigenvalue weighted by atomic mass is 35.5. The van der Waals surface area contributed by atoms with Gasteiger partial charge in [-0.05, 0) is 48.6 Å². The van der Waals surface area contributed by atoms with Crippen molar-refractivity contribution >= 4 is 23.2 Å². The fourth-order valence-electron chi connectivity index (χ4n) is 2.85. The molecule has 24 heavy (non-hydrogen) atoms. The third-order valence-corrected chi connectivity index (χ3v) is 4.75. The third-order valence-electron chi connectivity index (χ3n) is 4.50. The van der Waals surface area contributed by atoms with Crippen LogP contribution in [0.2, 0.25) is 5.02 Å². The number of hydrogen-bond acceptors (Lipinski definition) is 3. The average Bonchev–Trinajstić information content (AvgIpc) is 2.62. The molecule has 1 N–H and O–H groups in total. The number of amides is 1. The minimum Gasteiger partial charge on any atom is -0.370 e. The van der Waals surface area contributed by atoms with Crippen molar-refractivity contribution in [1.82, 2.24) is 10.3 Å². The van der Waals surface area contributed by atoms with Gasteiger partial charge in [0, 0.05) is 24.7 Å². The first-order chi connectivity index (χ1) is 11.6. The number of aromatic nitrogens is 1. The Labute approximate surface area is 147 Å². The summed E-state index contributed by atoms with van der Waals surface area (Å²) < 4.78 is 0. The zero-order valence-electron chi connectivity index (χ0n) is 13.8. The number of anilines is 1. The van der Waals surface area contributed by atoms with E-state index in [0.29, 0.717) is 17.3 Å². The number of halogens is 1. The second-order valence-electron chi connectivity index (χ2n) is 6.38. The summed E-state index contributed by atoms with van der Waals surface area (Å²) in [5, 5.41) is 3.57. The normalized spacial score (nSPS) is 15.3. The Morgan fingerprint density at radius 2 is 1.92 bits per heavy atom. The lowest BCUT2D eigenvalue weighted by Crippen LogP contribution is -2.33. The van der Waals surface area contributed by atoms with Crippen LogP contribution in [-0.2, 0) is 6.54 Å². The standard InChI is InChI=1S/C19H22ClN3O/c1-14-8-10-23(11-9-14)17-6-7-18(21-13-17)19(24)22-12-15-2-4-16(20)5-3-15/h2-7,13-14H,8-12H2,1H3,(H,22,24). The monoisotopic (exact) mass is 343 g/mol. The molecule has 5 heteroatoms. The molecule has 1 aliphatic rings. The van der Waals surface area contributed by atoms with Gasteiger partial charge in [0.1, 0.15) is 5.69 Å². The van der Waals surface area contributed by atoms with Crippen LogP contribution >= 0.6 is 11.6 Å². The number of nitrogens with zero attached hydrogens (tertiary/aromatic N) is 2. The van der Waals surface area contributed by atoms with Gasteiger partial charge in [-0.15, -0.1) is 0 Å². The average molecular weight is 344 g/mol. The van der Waals surface area contributed by atoms with Crippen LogP contribution in [0.25, 0.3) is 0 Å². The van der Waals surface area contributed by atoms with Crippen molar-refractivity contribution in [2.75, 3.05) is 18.0 Å². The van der Waals surface area contributed by atoms with Crippen molar-refractivity contribution in [2.45, 2.75) is 26.3 Å². The molecule has 3 rings (SSSR count). The van der Waals surface area contributed by atoms with E-state index in [4.69, 9.17) is 11.6 Å². The Hall–Kier alpha value is -2.07. The highest BCUT2D eigenvalue weighted by Gasteiger charge is 2.16. The molecule has 0 radical (unpaired) electrons. The van der Waals surface area contributed by atoms with Gasteiger partial charge >= 0.3 is 0 Å². The molecule has 2 heterocycles. The lowest BCUT2D eigenvalue weighted by Gasteiger charge is -2.31. The molecule has 126 valence electrons. The van der Waals surface area contributed by atoms with Gasteiger partial charge in [0.15, 0.2) is 0 Å². The molecule has 4 nitrogen and oxygen atoms in total. The van der Waals surface area contributed by atoms with Gasteiger partial charge < -0.3 is 10.2 Å². The molecule has 1 amide bonds. The number of carbonyl (C=O) groups excluding carboxylic acids is 1. The summed E-state index contributed by atoms with van der Waals surface area (Å²) in [5.41, 5.74) is 2.54. The van der Waals surface area contributed by atoms with Gasteiger partial charge in [-0.3, -0.25) is 4.79 Å². The first kappa shape index (κ1) is 16.8. The van der Waals surface area contributed by atoms with E-state index in [-0.39, 0.29) is 5.91 Å². The number of benzene rings is 1. The summed E-state index contributed by atoms with van der Waals surface area (Å²) in [5.74, 6) is 0.635. The number of carbonyl (C=O) groups is 1. The predicted octanol–water partition coefficient (Wildman–Crippen LogP) is 3.90. The van der Waals surface area contributed by atoms with Gasteiger partial charge in [-0.2, -0.15) is 0 Å². The molecule has 0 atom stereocenters. The van der Waals surface area contributed by atoms with E-state index in [1.54, 1.807) is 12.3 Å². The summed E-state index contributed by atoms with van der Waals surface area (Å²) in [6.45, 7) is 4.88. The molecule has 0 unspecified atom stereocenters. The van der Waals surface area contributed by atoms with Crippen LogP contribution in [0.4, 0.5) is 5.69 Å². The van der Waals surface area contributed by atoms with E-state index in [1.807, 2.05) is 30.3 Å². The van der Waals surface area contributed by atoms with Crippen LogP contribution in [0, 0.1) is 5.92 Å². The third kappa shape index (κ3) is 4.26. The van der Waals surface area contributed by atoms with Crippen LogP contribution in [0.15, 0.2) is 42.6 Å². The molecule has 1 fully saturated rings. The Bertz CT molecular complexity index is 677. The Kier molecular flexibility index (Phi) is 5.36. The molecule has 1 aliphatic heterocycles. The van der Waals surface area contributed by atoms with E-state index in [1.165, 1.54) is 12.8 Å². The van der Waals surface area contributed by atoms with Crippen molar-refractivity contribution in [3.63, 3.8) is 0 Å². The second-order valence-corrected chi connectivity index (χ2v) is 6.82. The van der Waals surface area contributed by atoms with Gasteiger partial charge in [-0.25, -0.2) is 4.98 Å². The number of rotatable bonds is 4. The molecular weight excluding hydrogens is 322 g/mol. The van der Waals surface area contributed by atoms with Gasteiger partial charge in [0.05, 0.1) is 11.9 Å². The zero-order chi connectivity index (χ0) is 16.9. The molecule has 0 saturated carbocycles. The van der Waals surface area contributed by atoms with Gasteiger partial charge in [-0.1, -0.05) is 30.7 Å². The summed E-state index contributed by atoms with van der Waals surface area (Å²) in [7, 11) is 0. The first-order valence-electron chi connectivity index (χ1n) is 8.35. The molecule has 0 spiro atoms. The maximum absolute atomic E-state index is 12.2. The smallest absolute Gasteiger partial charge is 0.270 e. The fourth-order valence-corrected chi connectivity index (χ4v) is 2.98. The number of hydrogen-bond donors (Lipinski definition) is 1. The summed E-state index contributed by atoms with van der Waals surface area (Å²) in [6.07, 6.45) is 4.22. The van der Waals surface area contributed by atoms with E-state index in [0.717, 1.165) is 30.3 Å². The van der Waals surface area contributed by atoms with E-state index >= 15 is 0 Å². The van der Waals surface area contributed by atoms with E-state index < -0.39 is 0 Å². The zero-order valence-corrected chi connectivity index (χ0v) is 14.6. The Morgan fingerprint density at radius 3 is 2.54 bits per heavy atom. The maximum Gasteiger partial charge on any atom is 0.270 e. The summed E-state index contributed by atoms with van der Waals surface area (Å²) in [4.78, 5) is 18.9. The topological polar surface area (TPSA) is 45.2 Å². The molecule has 0 aliphatic carbocycles.